The van der Waals surface area contributed by atoms with Crippen molar-refractivity contribution in [2.24, 2.45) is 22.7 Å². The summed E-state index contributed by atoms with van der Waals surface area (Å²) in [4.78, 5) is 39.8. The number of benzene rings is 1. The number of allylic oxidation sites excluding steroid dienone is 2. The molecule has 1 aromatic rings. The molecule has 4 rings (SSSR count). The Balaban J connectivity index is 1.97. The van der Waals surface area contributed by atoms with Crippen molar-refractivity contribution in [1.29, 1.82) is 0 Å². The molecule has 1 atom stereocenters. The highest BCUT2D eigenvalue weighted by atomic mass is 16.5. The molecule has 1 heterocycles. The highest BCUT2D eigenvalue weighted by Crippen LogP contribution is 2.57. The Bertz CT molecular complexity index is 1070. The lowest BCUT2D eigenvalue weighted by Gasteiger charge is -2.45. The van der Waals surface area contributed by atoms with E-state index in [0.717, 1.165) is 19.3 Å². The average molecular weight is 441 g/mol. The summed E-state index contributed by atoms with van der Waals surface area (Å²) in [5, 5.41) is 21.9. The summed E-state index contributed by atoms with van der Waals surface area (Å²) < 4.78 is 6.10. The normalized spacial score (nSPS) is 24.0. The van der Waals surface area contributed by atoms with Crippen molar-refractivity contribution in [3.63, 3.8) is 0 Å². The predicted molar refractivity (Wildman–Crippen MR) is 119 cm³/mol. The van der Waals surface area contributed by atoms with Gasteiger partial charge in [0.05, 0.1) is 10.8 Å². The van der Waals surface area contributed by atoms with E-state index in [1.807, 2.05) is 13.8 Å². The molecule has 0 amide bonds. The lowest BCUT2D eigenvalue weighted by atomic mass is 9.59. The first kappa shape index (κ1) is 22.6. The molecule has 172 valence electrons. The number of ether oxygens (including phenoxy) is 1. The number of carbonyl (C=O) groups is 3. The number of fused-ring (bicyclic) bond motifs is 1. The molecule has 1 unspecified atom stereocenters. The van der Waals surface area contributed by atoms with Crippen molar-refractivity contribution < 1.29 is 29.3 Å². The molecule has 0 saturated heterocycles. The molecule has 0 aromatic heterocycles. The fourth-order valence-electron chi connectivity index (χ4n) is 5.41. The van der Waals surface area contributed by atoms with Crippen LogP contribution in [0.4, 0.5) is 0 Å². The third-order valence-corrected chi connectivity index (χ3v) is 7.38. The van der Waals surface area contributed by atoms with Crippen molar-refractivity contribution in [2.45, 2.75) is 73.1 Å². The molecule has 1 fully saturated rings. The molecule has 1 saturated carbocycles. The van der Waals surface area contributed by atoms with E-state index >= 15 is 0 Å². The van der Waals surface area contributed by atoms with Crippen LogP contribution in [0.3, 0.4) is 0 Å². The summed E-state index contributed by atoms with van der Waals surface area (Å²) in [5.74, 6) is -1.58. The lowest BCUT2D eigenvalue weighted by molar-refractivity contribution is -0.144. The smallest absolute Gasteiger partial charge is 0.175 e. The predicted octanol–water partition coefficient (Wildman–Crippen LogP) is 5.06. The van der Waals surface area contributed by atoms with Crippen molar-refractivity contribution >= 4 is 17.3 Å². The second-order valence-electron chi connectivity index (χ2n) is 11.0. The number of phenols is 2. The molecule has 2 aliphatic carbocycles. The minimum Gasteiger partial charge on any atom is -0.507 e. The van der Waals surface area contributed by atoms with Crippen LogP contribution in [0.15, 0.2) is 17.4 Å². The highest BCUT2D eigenvalue weighted by Gasteiger charge is 2.57. The van der Waals surface area contributed by atoms with Gasteiger partial charge in [-0.25, -0.2) is 0 Å². The Morgan fingerprint density at radius 3 is 2.28 bits per heavy atom. The molecular formula is C26H32O6. The summed E-state index contributed by atoms with van der Waals surface area (Å²) in [6, 6.07) is 1.35. The number of phenolic OH excluding ortho intramolecular Hbond substituents is 2. The fourth-order valence-corrected chi connectivity index (χ4v) is 5.41. The first-order valence-corrected chi connectivity index (χ1v) is 11.4. The Kier molecular flexibility index (Phi) is 5.07. The van der Waals surface area contributed by atoms with Crippen LogP contribution in [0.2, 0.25) is 0 Å². The topological polar surface area (TPSA) is 101 Å². The van der Waals surface area contributed by atoms with Gasteiger partial charge in [0.25, 0.3) is 0 Å². The SMILES string of the molecule is CC(C)CC1C2=C(Oc3cc(O)c(C(=O)C4CCC4)c(O)c31)C(C)(C)C(=O)C(C)(C)C2=O. The largest absolute Gasteiger partial charge is 0.507 e. The summed E-state index contributed by atoms with van der Waals surface area (Å²) in [6.45, 7) is 10.8. The zero-order valence-corrected chi connectivity index (χ0v) is 19.7. The quantitative estimate of drug-likeness (QED) is 0.501. The molecule has 1 aromatic carbocycles. The van der Waals surface area contributed by atoms with E-state index in [9.17, 15) is 24.6 Å². The molecule has 3 aliphatic rings. The number of hydrogen-bond donors (Lipinski definition) is 2. The van der Waals surface area contributed by atoms with E-state index in [2.05, 4.69) is 0 Å². The molecule has 0 radical (unpaired) electrons. The number of hydrogen-bond acceptors (Lipinski definition) is 6. The third-order valence-electron chi connectivity index (χ3n) is 7.38. The first-order chi connectivity index (χ1) is 14.8. The monoisotopic (exact) mass is 440 g/mol. The van der Waals surface area contributed by atoms with Crippen LogP contribution >= 0.6 is 0 Å². The van der Waals surface area contributed by atoms with Gasteiger partial charge in [-0.3, -0.25) is 14.4 Å². The van der Waals surface area contributed by atoms with E-state index in [1.54, 1.807) is 27.7 Å². The molecular weight excluding hydrogens is 408 g/mol. The Morgan fingerprint density at radius 2 is 1.75 bits per heavy atom. The van der Waals surface area contributed by atoms with E-state index in [1.165, 1.54) is 6.07 Å². The minimum absolute atomic E-state index is 0.0901. The maximum atomic E-state index is 13.6. The van der Waals surface area contributed by atoms with Gasteiger partial charge in [0, 0.05) is 29.0 Å². The second kappa shape index (κ2) is 7.19. The molecule has 0 spiro atoms. The number of ketones is 3. The lowest BCUT2D eigenvalue weighted by Crippen LogP contribution is -2.51. The van der Waals surface area contributed by atoms with Crippen molar-refractivity contribution in [3.8, 4) is 17.2 Å². The summed E-state index contributed by atoms with van der Waals surface area (Å²) >= 11 is 0. The highest BCUT2D eigenvalue weighted by molar-refractivity contribution is 6.20. The molecule has 2 N–H and O–H groups in total. The number of aromatic hydroxyl groups is 2. The van der Waals surface area contributed by atoms with Gasteiger partial charge in [0.15, 0.2) is 17.3 Å². The molecule has 6 heteroatoms. The van der Waals surface area contributed by atoms with Crippen molar-refractivity contribution in [3.05, 3.63) is 28.5 Å². The zero-order chi connectivity index (χ0) is 23.7. The van der Waals surface area contributed by atoms with Gasteiger partial charge in [0.1, 0.15) is 28.6 Å². The first-order valence-electron chi connectivity index (χ1n) is 11.4. The van der Waals surface area contributed by atoms with Crippen LogP contribution < -0.4 is 4.74 Å². The van der Waals surface area contributed by atoms with Gasteiger partial charge < -0.3 is 14.9 Å². The maximum Gasteiger partial charge on any atom is 0.175 e. The van der Waals surface area contributed by atoms with Gasteiger partial charge in [-0.15, -0.1) is 0 Å². The van der Waals surface area contributed by atoms with Crippen molar-refractivity contribution in [1.82, 2.24) is 0 Å². The molecule has 6 nitrogen and oxygen atoms in total. The molecule has 32 heavy (non-hydrogen) atoms. The van der Waals surface area contributed by atoms with Crippen LogP contribution in [-0.2, 0) is 9.59 Å². The van der Waals surface area contributed by atoms with E-state index in [-0.39, 0.29) is 57.8 Å². The molecule has 0 bridgehead atoms. The minimum atomic E-state index is -1.23. The van der Waals surface area contributed by atoms with Crippen LogP contribution in [0, 0.1) is 22.7 Å². The summed E-state index contributed by atoms with van der Waals surface area (Å²) in [6.07, 6.45) is 2.94. The van der Waals surface area contributed by atoms with E-state index < -0.39 is 16.7 Å². The third kappa shape index (κ3) is 3.02. The molecule has 1 aliphatic heterocycles. The maximum absolute atomic E-state index is 13.6. The van der Waals surface area contributed by atoms with Crippen LogP contribution in [-0.4, -0.2) is 27.6 Å². The Morgan fingerprint density at radius 1 is 1.12 bits per heavy atom. The zero-order valence-electron chi connectivity index (χ0n) is 19.7. The van der Waals surface area contributed by atoms with Gasteiger partial charge in [-0.1, -0.05) is 20.3 Å². The second-order valence-corrected chi connectivity index (χ2v) is 11.0. The number of Topliss-reactive ketones (excluding diaryl/α,β-unsaturated/α-hetero) is 3. The van der Waals surface area contributed by atoms with Crippen molar-refractivity contribution in [2.75, 3.05) is 0 Å². The van der Waals surface area contributed by atoms with Gasteiger partial charge in [-0.2, -0.15) is 0 Å². The summed E-state index contributed by atoms with van der Waals surface area (Å²) in [7, 11) is 0. The van der Waals surface area contributed by atoms with Crippen LogP contribution in [0.5, 0.6) is 17.2 Å². The van der Waals surface area contributed by atoms with E-state index in [0.29, 0.717) is 17.6 Å². The van der Waals surface area contributed by atoms with E-state index in [4.69, 9.17) is 4.74 Å². The number of rotatable bonds is 4. The Hall–Kier alpha value is -2.63. The average Bonchev–Trinajstić information content (AvgIpc) is 2.63. The summed E-state index contributed by atoms with van der Waals surface area (Å²) in [5.41, 5.74) is -1.62. The number of carbonyl (C=O) groups excluding carboxylic acids is 3. The van der Waals surface area contributed by atoms with Gasteiger partial charge >= 0.3 is 0 Å². The fraction of sp³-hybridized carbons (Fsp3) is 0.577. The van der Waals surface area contributed by atoms with Crippen LogP contribution in [0.1, 0.15) is 89.1 Å². The van der Waals surface area contributed by atoms with Gasteiger partial charge in [-0.05, 0) is 52.9 Å². The Labute approximate surface area is 188 Å². The van der Waals surface area contributed by atoms with Gasteiger partial charge in [0.2, 0.25) is 0 Å². The van der Waals surface area contributed by atoms with Crippen LogP contribution in [0.25, 0.3) is 0 Å². The standard InChI is InChI=1S/C26H32O6/c1-12(2)10-14-17-16(11-15(27)19(21(17)29)20(28)13-8-7-9-13)32-23-18(14)22(30)25(3,4)24(31)26(23,5)6/h11-14,27,29H,7-10H2,1-6H3.